The number of methoxy groups -OCH3 is 2. The van der Waals surface area contributed by atoms with Gasteiger partial charge >= 0.3 is 0 Å². The minimum Gasteiger partial charge on any atom is -0.502 e. The Bertz CT molecular complexity index is 1030. The number of aromatic hydroxyl groups is 1. The van der Waals surface area contributed by atoms with E-state index in [0.29, 0.717) is 28.3 Å². The van der Waals surface area contributed by atoms with Crippen LogP contribution in [0.25, 0.3) is 0 Å². The van der Waals surface area contributed by atoms with Crippen LogP contribution in [0.1, 0.15) is 27.0 Å². The molecule has 0 saturated heterocycles. The topological polar surface area (TPSA) is 68.1 Å². The van der Waals surface area contributed by atoms with E-state index in [1.165, 1.54) is 14.2 Å². The number of benzene rings is 3. The molecule has 4 rings (SSSR count). The Kier molecular flexibility index (Phi) is 4.12. The van der Waals surface area contributed by atoms with Crippen LogP contribution in [0.4, 0.5) is 5.69 Å². The minimum absolute atomic E-state index is 0.0234. The molecule has 0 aliphatic heterocycles. The van der Waals surface area contributed by atoms with E-state index in [1.54, 1.807) is 24.3 Å². The molecule has 0 heterocycles. The molecule has 0 amide bonds. The third-order valence-corrected chi connectivity index (χ3v) is 4.58. The van der Waals surface area contributed by atoms with Gasteiger partial charge in [-0.25, -0.2) is 4.99 Å². The molecule has 0 radical (unpaired) electrons. The summed E-state index contributed by atoms with van der Waals surface area (Å²) in [6.07, 6.45) is 0. The second-order valence-electron chi connectivity index (χ2n) is 6.05. The number of nitrogens with zero attached hydrogens (tertiary/aromatic N) is 1. The van der Waals surface area contributed by atoms with E-state index in [-0.39, 0.29) is 17.3 Å². The fourth-order valence-corrected chi connectivity index (χ4v) is 3.30. The summed E-state index contributed by atoms with van der Waals surface area (Å²) in [7, 11) is 2.93. The zero-order valence-electron chi connectivity index (χ0n) is 14.9. The molecule has 0 spiro atoms. The molecule has 1 aliphatic rings. The highest BCUT2D eigenvalue weighted by molar-refractivity contribution is 6.30. The van der Waals surface area contributed by atoms with Gasteiger partial charge in [-0.15, -0.1) is 0 Å². The molecule has 134 valence electrons. The SMILES string of the molecule is COc1ccc(N=C2c3ccccc3C(=O)c3ccccc32)c(OC)c1O. The van der Waals surface area contributed by atoms with Gasteiger partial charge in [-0.1, -0.05) is 48.5 Å². The molecule has 0 unspecified atom stereocenters. The van der Waals surface area contributed by atoms with Crippen molar-refractivity contribution in [2.24, 2.45) is 4.99 Å². The number of rotatable bonds is 3. The Hall–Kier alpha value is -3.60. The average molecular weight is 359 g/mol. The van der Waals surface area contributed by atoms with Crippen molar-refractivity contribution >= 4 is 17.2 Å². The maximum atomic E-state index is 12.8. The summed E-state index contributed by atoms with van der Waals surface area (Å²) >= 11 is 0. The second kappa shape index (κ2) is 6.61. The Balaban J connectivity index is 1.99. The molecule has 5 nitrogen and oxygen atoms in total. The first-order chi connectivity index (χ1) is 13.2. The quantitative estimate of drug-likeness (QED) is 0.597. The van der Waals surface area contributed by atoms with Gasteiger partial charge in [0.15, 0.2) is 17.3 Å². The van der Waals surface area contributed by atoms with Crippen LogP contribution in [0.15, 0.2) is 65.7 Å². The molecule has 0 aromatic heterocycles. The summed E-state index contributed by atoms with van der Waals surface area (Å²) < 4.78 is 10.5. The summed E-state index contributed by atoms with van der Waals surface area (Å²) in [5, 5.41) is 10.4. The van der Waals surface area contributed by atoms with Gasteiger partial charge in [-0.3, -0.25) is 4.79 Å². The summed E-state index contributed by atoms with van der Waals surface area (Å²) in [5.41, 5.74) is 3.81. The summed E-state index contributed by atoms with van der Waals surface area (Å²) in [5.74, 6) is 0.379. The van der Waals surface area contributed by atoms with E-state index in [9.17, 15) is 9.90 Å². The number of carbonyl (C=O) groups excluding carboxylic acids is 1. The van der Waals surface area contributed by atoms with Crippen LogP contribution in [0.3, 0.4) is 0 Å². The molecule has 0 saturated carbocycles. The van der Waals surface area contributed by atoms with Crippen molar-refractivity contribution in [3.05, 3.63) is 82.9 Å². The largest absolute Gasteiger partial charge is 0.502 e. The highest BCUT2D eigenvalue weighted by atomic mass is 16.5. The monoisotopic (exact) mass is 359 g/mol. The van der Waals surface area contributed by atoms with E-state index >= 15 is 0 Å². The lowest BCUT2D eigenvalue weighted by Gasteiger charge is -2.21. The van der Waals surface area contributed by atoms with E-state index in [1.807, 2.05) is 36.4 Å². The number of hydrogen-bond donors (Lipinski definition) is 1. The summed E-state index contributed by atoms with van der Waals surface area (Å²) in [6, 6.07) is 18.1. The molecule has 27 heavy (non-hydrogen) atoms. The molecule has 3 aromatic rings. The van der Waals surface area contributed by atoms with E-state index in [2.05, 4.69) is 0 Å². The molecule has 5 heteroatoms. The molecule has 1 N–H and O–H groups in total. The van der Waals surface area contributed by atoms with Gasteiger partial charge in [0.2, 0.25) is 5.75 Å². The minimum atomic E-state index is -0.115. The van der Waals surface area contributed by atoms with Gasteiger partial charge in [0.05, 0.1) is 19.9 Å². The Morgan fingerprint density at radius 3 is 1.85 bits per heavy atom. The van der Waals surface area contributed by atoms with Crippen LogP contribution in [-0.4, -0.2) is 30.8 Å². The summed E-state index contributed by atoms with van der Waals surface area (Å²) in [4.78, 5) is 17.6. The van der Waals surface area contributed by atoms with Crippen LogP contribution in [0, 0.1) is 0 Å². The number of phenolic OH excluding ortho intramolecular Hbond substituents is 1. The van der Waals surface area contributed by atoms with E-state index in [0.717, 1.165) is 11.1 Å². The van der Waals surface area contributed by atoms with Crippen molar-refractivity contribution in [3.8, 4) is 17.2 Å². The molecule has 1 aliphatic carbocycles. The Morgan fingerprint density at radius 2 is 1.33 bits per heavy atom. The first kappa shape index (κ1) is 16.8. The lowest BCUT2D eigenvalue weighted by molar-refractivity contribution is 0.103. The molecule has 3 aromatic carbocycles. The van der Waals surface area contributed by atoms with Crippen molar-refractivity contribution in [1.29, 1.82) is 0 Å². The molecular weight excluding hydrogens is 342 g/mol. The number of hydrogen-bond acceptors (Lipinski definition) is 5. The predicted octanol–water partition coefficient (Wildman–Crippen LogP) is 4.12. The fraction of sp³-hybridized carbons (Fsp3) is 0.0909. The number of aliphatic imine (C=N–C) groups is 1. The first-order valence-corrected chi connectivity index (χ1v) is 8.42. The number of ether oxygens (including phenoxy) is 2. The van der Waals surface area contributed by atoms with Crippen LogP contribution < -0.4 is 9.47 Å². The van der Waals surface area contributed by atoms with E-state index in [4.69, 9.17) is 14.5 Å². The Labute approximate surface area is 156 Å². The maximum Gasteiger partial charge on any atom is 0.203 e. The Morgan fingerprint density at radius 1 is 0.778 bits per heavy atom. The molecule has 0 fully saturated rings. The normalized spacial score (nSPS) is 12.2. The second-order valence-corrected chi connectivity index (χ2v) is 6.05. The number of fused-ring (bicyclic) bond motifs is 2. The standard InChI is InChI=1S/C22H17NO4/c1-26-18-12-11-17(22(27-2)21(18)25)23-19-13-7-3-5-9-15(13)20(24)16-10-6-4-8-14(16)19/h3-12,25H,1-2H3. The number of phenols is 1. The average Bonchev–Trinajstić information content (AvgIpc) is 2.71. The van der Waals surface area contributed by atoms with Crippen molar-refractivity contribution in [2.75, 3.05) is 14.2 Å². The summed E-state index contributed by atoms with van der Waals surface area (Å²) in [6.45, 7) is 0. The predicted molar refractivity (Wildman–Crippen MR) is 103 cm³/mol. The zero-order valence-corrected chi connectivity index (χ0v) is 14.9. The molecular formula is C22H17NO4. The van der Waals surface area contributed by atoms with Crippen molar-refractivity contribution < 1.29 is 19.4 Å². The van der Waals surface area contributed by atoms with Gasteiger partial charge in [-0.05, 0) is 12.1 Å². The van der Waals surface area contributed by atoms with E-state index < -0.39 is 0 Å². The third-order valence-electron chi connectivity index (χ3n) is 4.58. The first-order valence-electron chi connectivity index (χ1n) is 8.42. The number of ketones is 1. The van der Waals surface area contributed by atoms with Crippen molar-refractivity contribution in [1.82, 2.24) is 0 Å². The maximum absolute atomic E-state index is 12.8. The third kappa shape index (κ3) is 2.64. The lowest BCUT2D eigenvalue weighted by Crippen LogP contribution is -2.21. The number of carbonyl (C=O) groups is 1. The molecule has 0 atom stereocenters. The van der Waals surface area contributed by atoms with Gasteiger partial charge in [0, 0.05) is 22.3 Å². The lowest BCUT2D eigenvalue weighted by atomic mass is 9.83. The fourth-order valence-electron chi connectivity index (χ4n) is 3.30. The highest BCUT2D eigenvalue weighted by Gasteiger charge is 2.28. The van der Waals surface area contributed by atoms with Gasteiger partial charge < -0.3 is 14.6 Å². The van der Waals surface area contributed by atoms with Crippen LogP contribution in [0.5, 0.6) is 17.2 Å². The van der Waals surface area contributed by atoms with Gasteiger partial charge in [-0.2, -0.15) is 0 Å². The molecule has 0 bridgehead atoms. The zero-order chi connectivity index (χ0) is 19.0. The van der Waals surface area contributed by atoms with Crippen LogP contribution >= 0.6 is 0 Å². The van der Waals surface area contributed by atoms with Crippen LogP contribution in [0.2, 0.25) is 0 Å². The smallest absolute Gasteiger partial charge is 0.203 e. The van der Waals surface area contributed by atoms with Gasteiger partial charge in [0.1, 0.15) is 5.69 Å². The van der Waals surface area contributed by atoms with Crippen molar-refractivity contribution in [2.45, 2.75) is 0 Å². The van der Waals surface area contributed by atoms with Gasteiger partial charge in [0.25, 0.3) is 0 Å². The van der Waals surface area contributed by atoms with Crippen LogP contribution in [-0.2, 0) is 0 Å². The highest BCUT2D eigenvalue weighted by Crippen LogP contribution is 2.44. The van der Waals surface area contributed by atoms with Crippen molar-refractivity contribution in [3.63, 3.8) is 0 Å².